The van der Waals surface area contributed by atoms with Crippen LogP contribution >= 0.6 is 0 Å². The lowest BCUT2D eigenvalue weighted by Crippen LogP contribution is -2.09. The minimum Gasteiger partial charge on any atom is -0.369 e. The van der Waals surface area contributed by atoms with Crippen LogP contribution in [0.2, 0.25) is 0 Å². The summed E-state index contributed by atoms with van der Waals surface area (Å²) in [4.78, 5) is 14.0. The van der Waals surface area contributed by atoms with Crippen molar-refractivity contribution in [1.29, 1.82) is 0 Å². The lowest BCUT2D eigenvalue weighted by atomic mass is 10.1. The van der Waals surface area contributed by atoms with E-state index in [9.17, 15) is 18.0 Å². The monoisotopic (exact) mass is 230 g/mol. The highest BCUT2D eigenvalue weighted by atomic mass is 19.4. The molecule has 0 unspecified atom stereocenters. The number of rotatable bonds is 3. The van der Waals surface area contributed by atoms with Gasteiger partial charge in [-0.25, -0.2) is 0 Å². The Bertz CT molecular complexity index is 413. The lowest BCUT2D eigenvalue weighted by Gasteiger charge is -2.08. The molecule has 0 bridgehead atoms. The van der Waals surface area contributed by atoms with Crippen LogP contribution in [-0.4, -0.2) is 10.9 Å². The number of primary amides is 1. The molecule has 86 valence electrons. The summed E-state index contributed by atoms with van der Waals surface area (Å²) >= 11 is 0. The van der Waals surface area contributed by atoms with Crippen LogP contribution in [0.5, 0.6) is 0 Å². The van der Waals surface area contributed by atoms with E-state index in [0.717, 1.165) is 12.1 Å². The maximum absolute atomic E-state index is 12.5. The molecule has 0 aromatic carbocycles. The molecule has 0 saturated heterocycles. The summed E-state index contributed by atoms with van der Waals surface area (Å²) in [5.74, 6) is -0.610. The van der Waals surface area contributed by atoms with Gasteiger partial charge in [0.05, 0.1) is 11.3 Å². The third-order valence-electron chi connectivity index (χ3n) is 1.74. The Hall–Kier alpha value is -1.85. The minimum atomic E-state index is -4.46. The zero-order valence-electron chi connectivity index (χ0n) is 8.16. The summed E-state index contributed by atoms with van der Waals surface area (Å²) in [6.45, 7) is 0. The van der Waals surface area contributed by atoms with E-state index in [1.807, 2.05) is 0 Å². The Morgan fingerprint density at radius 3 is 2.75 bits per heavy atom. The van der Waals surface area contributed by atoms with Gasteiger partial charge in [-0.2, -0.15) is 13.2 Å². The molecule has 1 rings (SSSR count). The van der Waals surface area contributed by atoms with Crippen molar-refractivity contribution in [3.63, 3.8) is 0 Å². The number of pyridine rings is 1. The molecular formula is C10H9F3N2O. The maximum atomic E-state index is 12.5. The van der Waals surface area contributed by atoms with E-state index in [1.165, 1.54) is 18.3 Å². The number of halogens is 3. The number of nitrogens with two attached hydrogens (primary N) is 1. The molecule has 0 aliphatic carbocycles. The number of carbonyl (C=O) groups excluding carboxylic acids is 1. The molecule has 0 aliphatic rings. The van der Waals surface area contributed by atoms with Gasteiger partial charge in [-0.05, 0) is 18.2 Å². The van der Waals surface area contributed by atoms with Crippen LogP contribution in [0.4, 0.5) is 13.2 Å². The fourth-order valence-corrected chi connectivity index (χ4v) is 1.08. The minimum absolute atomic E-state index is 0.117. The molecule has 0 aliphatic heterocycles. The van der Waals surface area contributed by atoms with Gasteiger partial charge in [0.2, 0.25) is 5.91 Å². The predicted octanol–water partition coefficient (Wildman–Crippen LogP) is 1.99. The molecule has 16 heavy (non-hydrogen) atoms. The second-order valence-electron chi connectivity index (χ2n) is 3.01. The highest BCUT2D eigenvalue weighted by molar-refractivity contribution is 5.76. The van der Waals surface area contributed by atoms with Crippen molar-refractivity contribution < 1.29 is 18.0 Å². The molecule has 1 heterocycles. The number of hydrogen-bond donors (Lipinski definition) is 1. The highest BCUT2D eigenvalue weighted by Gasteiger charge is 2.33. The van der Waals surface area contributed by atoms with E-state index in [4.69, 9.17) is 5.73 Å². The number of aromatic nitrogens is 1. The van der Waals surface area contributed by atoms with Gasteiger partial charge in [0.15, 0.2) is 0 Å². The first kappa shape index (κ1) is 12.2. The first-order chi connectivity index (χ1) is 7.41. The van der Waals surface area contributed by atoms with Crippen LogP contribution in [0.3, 0.4) is 0 Å². The molecule has 1 amide bonds. The van der Waals surface area contributed by atoms with Crippen LogP contribution in [0.15, 0.2) is 24.4 Å². The largest absolute Gasteiger partial charge is 0.418 e. The molecular weight excluding hydrogens is 221 g/mol. The van der Waals surface area contributed by atoms with Crippen LogP contribution in [0.25, 0.3) is 6.08 Å². The summed E-state index contributed by atoms with van der Waals surface area (Å²) < 4.78 is 37.4. The Morgan fingerprint density at radius 1 is 1.50 bits per heavy atom. The summed E-state index contributed by atoms with van der Waals surface area (Å²) in [5, 5.41) is 0. The Kier molecular flexibility index (Phi) is 3.65. The summed E-state index contributed by atoms with van der Waals surface area (Å²) in [6, 6.07) is 2.13. The fraction of sp³-hybridized carbons (Fsp3) is 0.200. The molecule has 3 nitrogen and oxygen atoms in total. The maximum Gasteiger partial charge on any atom is 0.418 e. The number of carbonyl (C=O) groups is 1. The third-order valence-corrected chi connectivity index (χ3v) is 1.74. The van der Waals surface area contributed by atoms with Crippen LogP contribution < -0.4 is 5.73 Å². The average molecular weight is 230 g/mol. The smallest absolute Gasteiger partial charge is 0.369 e. The Morgan fingerprint density at radius 2 is 2.19 bits per heavy atom. The number of amides is 1. The second kappa shape index (κ2) is 4.78. The average Bonchev–Trinajstić information content (AvgIpc) is 2.16. The van der Waals surface area contributed by atoms with Crippen molar-refractivity contribution in [2.75, 3.05) is 0 Å². The fourth-order valence-electron chi connectivity index (χ4n) is 1.08. The normalized spacial score (nSPS) is 11.9. The van der Waals surface area contributed by atoms with E-state index in [2.05, 4.69) is 4.98 Å². The van der Waals surface area contributed by atoms with Gasteiger partial charge in [0.25, 0.3) is 0 Å². The molecule has 0 radical (unpaired) electrons. The van der Waals surface area contributed by atoms with Gasteiger partial charge >= 0.3 is 6.18 Å². The van der Waals surface area contributed by atoms with Crippen molar-refractivity contribution in [2.24, 2.45) is 5.73 Å². The van der Waals surface area contributed by atoms with Gasteiger partial charge in [-0.1, -0.05) is 6.08 Å². The van der Waals surface area contributed by atoms with Gasteiger partial charge in [-0.3, -0.25) is 9.78 Å². The van der Waals surface area contributed by atoms with Crippen LogP contribution in [0, 0.1) is 0 Å². The van der Waals surface area contributed by atoms with Gasteiger partial charge in [-0.15, -0.1) is 0 Å². The molecule has 2 N–H and O–H groups in total. The zero-order valence-corrected chi connectivity index (χ0v) is 8.16. The van der Waals surface area contributed by atoms with Crippen molar-refractivity contribution in [2.45, 2.75) is 12.6 Å². The first-order valence-electron chi connectivity index (χ1n) is 4.38. The predicted molar refractivity (Wildman–Crippen MR) is 52.1 cm³/mol. The topological polar surface area (TPSA) is 56.0 Å². The molecule has 1 aromatic heterocycles. The standard InChI is InChI=1S/C10H9F3N2O/c11-10(12,13)7-3-2-6-15-8(7)4-1-5-9(14)16/h1-4,6H,5H2,(H2,14,16). The number of nitrogens with zero attached hydrogens (tertiary/aromatic N) is 1. The van der Waals surface area contributed by atoms with Gasteiger partial charge in [0, 0.05) is 12.6 Å². The highest BCUT2D eigenvalue weighted by Crippen LogP contribution is 2.31. The van der Waals surface area contributed by atoms with Crippen molar-refractivity contribution >= 4 is 12.0 Å². The summed E-state index contributed by atoms with van der Waals surface area (Å²) in [5.41, 5.74) is 3.78. The van der Waals surface area contributed by atoms with E-state index in [1.54, 1.807) is 0 Å². The van der Waals surface area contributed by atoms with E-state index in [-0.39, 0.29) is 12.1 Å². The SMILES string of the molecule is NC(=O)CC=Cc1ncccc1C(F)(F)F. The van der Waals surface area contributed by atoms with E-state index < -0.39 is 17.6 Å². The van der Waals surface area contributed by atoms with Crippen molar-refractivity contribution in [3.8, 4) is 0 Å². The second-order valence-corrected chi connectivity index (χ2v) is 3.01. The lowest BCUT2D eigenvalue weighted by molar-refractivity contribution is -0.138. The molecule has 1 aromatic rings. The quantitative estimate of drug-likeness (QED) is 0.863. The molecule has 0 saturated carbocycles. The van der Waals surface area contributed by atoms with Crippen LogP contribution in [-0.2, 0) is 11.0 Å². The molecule has 0 fully saturated rings. The molecule has 0 atom stereocenters. The van der Waals surface area contributed by atoms with E-state index >= 15 is 0 Å². The number of hydrogen-bond acceptors (Lipinski definition) is 2. The number of alkyl halides is 3. The van der Waals surface area contributed by atoms with Crippen molar-refractivity contribution in [3.05, 3.63) is 35.7 Å². The Labute approximate surface area is 89.8 Å². The summed E-state index contributed by atoms with van der Waals surface area (Å²) in [7, 11) is 0. The van der Waals surface area contributed by atoms with Crippen molar-refractivity contribution in [1.82, 2.24) is 4.98 Å². The molecule has 6 heteroatoms. The summed E-state index contributed by atoms with van der Waals surface area (Å²) in [6.07, 6.45) is -0.943. The van der Waals surface area contributed by atoms with Gasteiger partial charge < -0.3 is 5.73 Å². The third kappa shape index (κ3) is 3.38. The van der Waals surface area contributed by atoms with Gasteiger partial charge in [0.1, 0.15) is 0 Å². The van der Waals surface area contributed by atoms with Crippen LogP contribution in [0.1, 0.15) is 17.7 Å². The molecule has 0 spiro atoms. The van der Waals surface area contributed by atoms with E-state index in [0.29, 0.717) is 0 Å². The Balaban J connectivity index is 2.96. The first-order valence-corrected chi connectivity index (χ1v) is 4.38. The zero-order chi connectivity index (χ0) is 12.2.